The molecule has 2 rings (SSSR count). The number of nitro benzene ring substituents is 1. The van der Waals surface area contributed by atoms with Crippen LogP contribution in [0.3, 0.4) is 0 Å². The molecule has 0 aliphatic heterocycles. The minimum Gasteiger partial charge on any atom is -0.478 e. The Morgan fingerprint density at radius 2 is 1.86 bits per heavy atom. The first kappa shape index (κ1) is 15.1. The molecular weight excluding hydrogens is 319 g/mol. The number of hydrogen-bond donors (Lipinski definition) is 2. The summed E-state index contributed by atoms with van der Waals surface area (Å²) in [6.07, 6.45) is 0. The van der Waals surface area contributed by atoms with E-state index < -0.39 is 10.9 Å². The molecule has 2 aromatic carbocycles. The molecule has 6 nitrogen and oxygen atoms in total. The number of carbonyl (C=O) groups is 1. The zero-order valence-corrected chi connectivity index (χ0v) is 11.9. The second-order valence-corrected chi connectivity index (χ2v) is 4.88. The van der Waals surface area contributed by atoms with E-state index in [4.69, 9.17) is 28.3 Å². The molecule has 2 N–H and O–H groups in total. The predicted octanol–water partition coefficient (Wildman–Crippen LogP) is 4.34. The molecule has 0 saturated carbocycles. The first-order valence-corrected chi connectivity index (χ1v) is 6.38. The number of rotatable bonds is 4. The molecule has 0 spiro atoms. The normalized spacial score (nSPS) is 10.2. The molecule has 0 atom stereocenters. The van der Waals surface area contributed by atoms with Gasteiger partial charge in [0.25, 0.3) is 5.69 Å². The van der Waals surface area contributed by atoms with Gasteiger partial charge in [-0.25, -0.2) is 4.79 Å². The summed E-state index contributed by atoms with van der Waals surface area (Å²) in [7, 11) is 0. The van der Waals surface area contributed by atoms with Crippen molar-refractivity contribution < 1.29 is 14.8 Å². The molecule has 0 amide bonds. The lowest BCUT2D eigenvalue weighted by atomic mass is 10.1. The van der Waals surface area contributed by atoms with Gasteiger partial charge in [-0.3, -0.25) is 10.1 Å². The summed E-state index contributed by atoms with van der Waals surface area (Å²) in [5, 5.41) is 23.4. The van der Waals surface area contributed by atoms with Crippen molar-refractivity contribution >= 4 is 46.2 Å². The van der Waals surface area contributed by atoms with Crippen molar-refractivity contribution in [3.8, 4) is 0 Å². The Morgan fingerprint density at radius 3 is 2.48 bits per heavy atom. The number of anilines is 2. The average molecular weight is 327 g/mol. The number of carboxylic acids is 1. The molecule has 21 heavy (non-hydrogen) atoms. The molecule has 2 aromatic rings. The standard InChI is InChI=1S/C13H8Cl2N2O4/c14-7-1-4-10(15)12(5-7)16-11-6-8(17(20)21)2-3-9(11)13(18)19/h1-6,16H,(H,18,19). The van der Waals surface area contributed by atoms with Crippen LogP contribution >= 0.6 is 23.2 Å². The summed E-state index contributed by atoms with van der Waals surface area (Å²) in [5.74, 6) is -1.22. The molecule has 0 bridgehead atoms. The smallest absolute Gasteiger partial charge is 0.337 e. The van der Waals surface area contributed by atoms with Crippen LogP contribution in [0.5, 0.6) is 0 Å². The predicted molar refractivity (Wildman–Crippen MR) is 79.8 cm³/mol. The number of nitrogens with one attached hydrogen (secondary N) is 1. The molecule has 0 aliphatic carbocycles. The third-order valence-corrected chi connectivity index (χ3v) is 3.21. The number of nitro groups is 1. The highest BCUT2D eigenvalue weighted by atomic mass is 35.5. The molecule has 0 aromatic heterocycles. The van der Waals surface area contributed by atoms with E-state index >= 15 is 0 Å². The Hall–Kier alpha value is -2.31. The quantitative estimate of drug-likeness (QED) is 0.643. The summed E-state index contributed by atoms with van der Waals surface area (Å²) < 4.78 is 0. The first-order valence-electron chi connectivity index (χ1n) is 5.62. The largest absolute Gasteiger partial charge is 0.478 e. The van der Waals surface area contributed by atoms with Crippen molar-refractivity contribution in [1.29, 1.82) is 0 Å². The van der Waals surface area contributed by atoms with Crippen LogP contribution in [0.15, 0.2) is 36.4 Å². The third-order valence-electron chi connectivity index (χ3n) is 2.64. The maximum atomic E-state index is 11.2. The summed E-state index contributed by atoms with van der Waals surface area (Å²) in [6.45, 7) is 0. The van der Waals surface area contributed by atoms with Gasteiger partial charge in [-0.15, -0.1) is 0 Å². The van der Waals surface area contributed by atoms with Gasteiger partial charge in [0.05, 0.1) is 26.9 Å². The van der Waals surface area contributed by atoms with Crippen LogP contribution < -0.4 is 5.32 Å². The van der Waals surface area contributed by atoms with E-state index in [2.05, 4.69) is 5.32 Å². The van der Waals surface area contributed by atoms with E-state index in [9.17, 15) is 14.9 Å². The lowest BCUT2D eigenvalue weighted by molar-refractivity contribution is -0.384. The maximum Gasteiger partial charge on any atom is 0.337 e. The fourth-order valence-electron chi connectivity index (χ4n) is 1.67. The molecule has 0 aliphatic rings. The van der Waals surface area contributed by atoms with Crippen LogP contribution in [0.4, 0.5) is 17.1 Å². The SMILES string of the molecule is O=C(O)c1ccc([N+](=O)[O-])cc1Nc1cc(Cl)ccc1Cl. The van der Waals surface area contributed by atoms with Crippen LogP contribution in [0.2, 0.25) is 10.0 Å². The molecule has 0 unspecified atom stereocenters. The highest BCUT2D eigenvalue weighted by Gasteiger charge is 2.16. The van der Waals surface area contributed by atoms with Gasteiger partial charge in [-0.05, 0) is 24.3 Å². The Kier molecular flexibility index (Phi) is 4.30. The van der Waals surface area contributed by atoms with Gasteiger partial charge in [-0.2, -0.15) is 0 Å². The van der Waals surface area contributed by atoms with Crippen molar-refractivity contribution in [2.75, 3.05) is 5.32 Å². The zero-order valence-electron chi connectivity index (χ0n) is 10.3. The number of non-ortho nitro benzene ring substituents is 1. The lowest BCUT2D eigenvalue weighted by Gasteiger charge is -2.11. The van der Waals surface area contributed by atoms with E-state index in [1.165, 1.54) is 12.1 Å². The molecule has 0 fully saturated rings. The summed E-state index contributed by atoms with van der Waals surface area (Å²) >= 11 is 11.8. The van der Waals surface area contributed by atoms with Gasteiger partial charge in [0, 0.05) is 17.2 Å². The second kappa shape index (κ2) is 5.99. The maximum absolute atomic E-state index is 11.2. The van der Waals surface area contributed by atoms with E-state index in [0.717, 1.165) is 18.2 Å². The van der Waals surface area contributed by atoms with Gasteiger partial charge in [0.2, 0.25) is 0 Å². The summed E-state index contributed by atoms with van der Waals surface area (Å²) in [5.41, 5.74) is 0.0605. The molecule has 0 radical (unpaired) electrons. The van der Waals surface area contributed by atoms with Crippen LogP contribution in [0, 0.1) is 10.1 Å². The zero-order chi connectivity index (χ0) is 15.6. The van der Waals surface area contributed by atoms with E-state index in [1.54, 1.807) is 6.07 Å². The fourth-order valence-corrected chi connectivity index (χ4v) is 2.01. The topological polar surface area (TPSA) is 92.5 Å². The Balaban J connectivity index is 2.50. The molecule has 0 saturated heterocycles. The van der Waals surface area contributed by atoms with Crippen molar-refractivity contribution in [3.63, 3.8) is 0 Å². The number of hydrogen-bond acceptors (Lipinski definition) is 4. The number of benzene rings is 2. The average Bonchev–Trinajstić information content (AvgIpc) is 2.42. The van der Waals surface area contributed by atoms with Crippen LogP contribution in [0.25, 0.3) is 0 Å². The Bertz CT molecular complexity index is 734. The van der Waals surface area contributed by atoms with Gasteiger partial charge < -0.3 is 10.4 Å². The number of halogens is 2. The van der Waals surface area contributed by atoms with Gasteiger partial charge >= 0.3 is 5.97 Å². The van der Waals surface area contributed by atoms with E-state index in [-0.39, 0.29) is 16.9 Å². The second-order valence-electron chi connectivity index (χ2n) is 4.04. The summed E-state index contributed by atoms with van der Waals surface area (Å²) in [6, 6.07) is 8.00. The number of aromatic carboxylic acids is 1. The Morgan fingerprint density at radius 1 is 1.14 bits per heavy atom. The van der Waals surface area contributed by atoms with Crippen molar-refractivity contribution in [1.82, 2.24) is 0 Å². The lowest BCUT2D eigenvalue weighted by Crippen LogP contribution is -2.04. The minimum absolute atomic E-state index is 0.0564. The highest BCUT2D eigenvalue weighted by molar-refractivity contribution is 6.35. The van der Waals surface area contributed by atoms with Gasteiger partial charge in [-0.1, -0.05) is 23.2 Å². The third kappa shape index (κ3) is 3.42. The fraction of sp³-hybridized carbons (Fsp3) is 0. The molecule has 108 valence electrons. The van der Waals surface area contributed by atoms with Crippen molar-refractivity contribution in [2.45, 2.75) is 0 Å². The van der Waals surface area contributed by atoms with E-state index in [0.29, 0.717) is 15.7 Å². The van der Waals surface area contributed by atoms with Gasteiger partial charge in [0.1, 0.15) is 0 Å². The summed E-state index contributed by atoms with van der Waals surface area (Å²) in [4.78, 5) is 21.4. The number of nitrogens with zero attached hydrogens (tertiary/aromatic N) is 1. The van der Waals surface area contributed by atoms with Crippen LogP contribution in [0.1, 0.15) is 10.4 Å². The monoisotopic (exact) mass is 326 g/mol. The molecule has 0 heterocycles. The molecule has 8 heteroatoms. The minimum atomic E-state index is -1.22. The van der Waals surface area contributed by atoms with E-state index in [1.807, 2.05) is 0 Å². The first-order chi connectivity index (χ1) is 9.88. The van der Waals surface area contributed by atoms with Crippen molar-refractivity contribution in [3.05, 3.63) is 62.1 Å². The number of carboxylic acid groups (broad SMARTS) is 1. The van der Waals surface area contributed by atoms with Crippen molar-refractivity contribution in [2.24, 2.45) is 0 Å². The van der Waals surface area contributed by atoms with Crippen LogP contribution in [-0.4, -0.2) is 16.0 Å². The highest BCUT2D eigenvalue weighted by Crippen LogP contribution is 2.31. The van der Waals surface area contributed by atoms with Gasteiger partial charge in [0.15, 0.2) is 0 Å². The molecular formula is C13H8Cl2N2O4. The van der Waals surface area contributed by atoms with Crippen LogP contribution in [-0.2, 0) is 0 Å². The Labute approximate surface area is 129 Å².